The summed E-state index contributed by atoms with van der Waals surface area (Å²) in [6.07, 6.45) is 15.1. The molecule has 0 spiro atoms. The van der Waals surface area contributed by atoms with Crippen molar-refractivity contribution >= 4 is 0 Å². The van der Waals surface area contributed by atoms with E-state index in [0.717, 1.165) is 51.5 Å². The first kappa shape index (κ1) is 23.4. The van der Waals surface area contributed by atoms with Gasteiger partial charge in [-0.05, 0) is 105 Å². The van der Waals surface area contributed by atoms with Gasteiger partial charge < -0.3 is 10.2 Å². The summed E-state index contributed by atoms with van der Waals surface area (Å²) >= 11 is 0. The Bertz CT molecular complexity index is 907. The molecule has 182 valence electrons. The van der Waals surface area contributed by atoms with Crippen molar-refractivity contribution in [3.8, 4) is 6.07 Å². The molecule has 4 aliphatic rings. The molecular formula is C28H43N3O2. The molecule has 0 aliphatic heterocycles. The third kappa shape index (κ3) is 3.76. The zero-order chi connectivity index (χ0) is 23.4. The van der Waals surface area contributed by atoms with Gasteiger partial charge in [0.05, 0.1) is 23.5 Å². The van der Waals surface area contributed by atoms with Crippen LogP contribution in [0.25, 0.3) is 0 Å². The standard InChI is InChI=1S/C28H43N3O2/c1-4-10-28(33)12-11-26(2)21(14-28)5-7-22-23-8-6-20(27(23,3)15-24(32)25(22)26)9-13-31-18-19(16-29)17-30-31/h17-18,20-25,32-33H,4-15H2,1-3H3/t20-,21-,22+,23+,24+,25-,26+,27-,28-/m1/s1. The van der Waals surface area contributed by atoms with Gasteiger partial charge in [0.2, 0.25) is 0 Å². The first-order valence-electron chi connectivity index (χ1n) is 13.6. The first-order chi connectivity index (χ1) is 15.7. The van der Waals surface area contributed by atoms with Gasteiger partial charge in [-0.2, -0.15) is 10.4 Å². The van der Waals surface area contributed by atoms with Crippen LogP contribution in [-0.4, -0.2) is 31.7 Å². The van der Waals surface area contributed by atoms with Crippen molar-refractivity contribution < 1.29 is 10.2 Å². The number of rotatable bonds is 5. The van der Waals surface area contributed by atoms with Crippen LogP contribution in [0.15, 0.2) is 12.4 Å². The van der Waals surface area contributed by atoms with E-state index < -0.39 is 5.60 Å². The van der Waals surface area contributed by atoms with Crippen LogP contribution < -0.4 is 0 Å². The summed E-state index contributed by atoms with van der Waals surface area (Å²) in [5.41, 5.74) is 0.526. The van der Waals surface area contributed by atoms with Crippen LogP contribution in [0.3, 0.4) is 0 Å². The second-order valence-electron chi connectivity index (χ2n) is 12.7. The Hall–Kier alpha value is -1.38. The average molecular weight is 454 g/mol. The number of aliphatic hydroxyl groups excluding tert-OH is 1. The highest BCUT2D eigenvalue weighted by Gasteiger charge is 2.63. The molecule has 0 radical (unpaired) electrons. The summed E-state index contributed by atoms with van der Waals surface area (Å²) < 4.78 is 1.92. The third-order valence-corrected chi connectivity index (χ3v) is 11.1. The smallest absolute Gasteiger partial charge is 0.102 e. The largest absolute Gasteiger partial charge is 0.393 e. The van der Waals surface area contributed by atoms with E-state index in [0.29, 0.717) is 35.2 Å². The lowest BCUT2D eigenvalue weighted by Crippen LogP contribution is -2.60. The Morgan fingerprint density at radius 1 is 1.15 bits per heavy atom. The summed E-state index contributed by atoms with van der Waals surface area (Å²) in [6.45, 7) is 7.96. The Morgan fingerprint density at radius 3 is 2.70 bits per heavy atom. The summed E-state index contributed by atoms with van der Waals surface area (Å²) in [5.74, 6) is 2.88. The molecule has 0 amide bonds. The van der Waals surface area contributed by atoms with E-state index in [1.54, 1.807) is 6.20 Å². The Morgan fingerprint density at radius 2 is 1.97 bits per heavy atom. The van der Waals surface area contributed by atoms with E-state index in [4.69, 9.17) is 5.26 Å². The van der Waals surface area contributed by atoms with Crippen molar-refractivity contribution in [2.45, 2.75) is 110 Å². The molecule has 9 atom stereocenters. The van der Waals surface area contributed by atoms with Gasteiger partial charge in [-0.25, -0.2) is 0 Å². The fraction of sp³-hybridized carbons (Fsp3) is 0.857. The Kier molecular flexibility index (Phi) is 5.93. The van der Waals surface area contributed by atoms with E-state index in [1.165, 1.54) is 25.7 Å². The van der Waals surface area contributed by atoms with Gasteiger partial charge in [-0.3, -0.25) is 4.68 Å². The van der Waals surface area contributed by atoms with Crippen LogP contribution in [0.4, 0.5) is 0 Å². The fourth-order valence-electron chi connectivity index (χ4n) is 9.55. The van der Waals surface area contributed by atoms with Gasteiger partial charge in [-0.15, -0.1) is 0 Å². The van der Waals surface area contributed by atoms with Crippen LogP contribution in [-0.2, 0) is 6.54 Å². The lowest BCUT2D eigenvalue weighted by molar-refractivity contribution is -0.191. The molecule has 1 aromatic heterocycles. The predicted molar refractivity (Wildman–Crippen MR) is 128 cm³/mol. The normalized spacial score (nSPS) is 46.8. The predicted octanol–water partition coefficient (Wildman–Crippen LogP) is 5.31. The van der Waals surface area contributed by atoms with Crippen molar-refractivity contribution in [2.75, 3.05) is 0 Å². The molecule has 1 heterocycles. The van der Waals surface area contributed by atoms with E-state index in [-0.39, 0.29) is 16.9 Å². The van der Waals surface area contributed by atoms with E-state index in [1.807, 2.05) is 10.9 Å². The zero-order valence-electron chi connectivity index (χ0n) is 20.8. The second-order valence-corrected chi connectivity index (χ2v) is 12.7. The van der Waals surface area contributed by atoms with E-state index in [2.05, 4.69) is 31.9 Å². The Balaban J connectivity index is 1.32. The maximum Gasteiger partial charge on any atom is 0.102 e. The summed E-state index contributed by atoms with van der Waals surface area (Å²) in [5, 5.41) is 36.3. The number of aliphatic hydroxyl groups is 2. The van der Waals surface area contributed by atoms with Crippen molar-refractivity contribution in [1.82, 2.24) is 9.78 Å². The maximum atomic E-state index is 11.7. The van der Waals surface area contributed by atoms with Gasteiger partial charge in [0.25, 0.3) is 0 Å². The summed E-state index contributed by atoms with van der Waals surface area (Å²) in [4.78, 5) is 0. The van der Waals surface area contributed by atoms with E-state index >= 15 is 0 Å². The molecule has 0 saturated heterocycles. The van der Waals surface area contributed by atoms with Gasteiger partial charge in [-0.1, -0.05) is 27.2 Å². The highest BCUT2D eigenvalue weighted by atomic mass is 16.3. The maximum absolute atomic E-state index is 11.7. The highest BCUT2D eigenvalue weighted by molar-refractivity contribution is 5.21. The Labute approximate surface area is 199 Å². The number of nitrogens with zero attached hydrogens (tertiary/aromatic N) is 3. The molecule has 4 saturated carbocycles. The number of fused-ring (bicyclic) bond motifs is 5. The minimum absolute atomic E-state index is 0.171. The van der Waals surface area contributed by atoms with E-state index in [9.17, 15) is 10.2 Å². The molecule has 5 heteroatoms. The van der Waals surface area contributed by atoms with Crippen molar-refractivity contribution in [3.63, 3.8) is 0 Å². The molecule has 4 aliphatic carbocycles. The lowest BCUT2D eigenvalue weighted by Gasteiger charge is -2.63. The van der Waals surface area contributed by atoms with Crippen LogP contribution in [0, 0.1) is 51.8 Å². The molecule has 1 aromatic rings. The molecule has 33 heavy (non-hydrogen) atoms. The second kappa shape index (κ2) is 8.38. The molecule has 5 nitrogen and oxygen atoms in total. The van der Waals surface area contributed by atoms with Crippen LogP contribution in [0.1, 0.15) is 97.0 Å². The lowest BCUT2D eigenvalue weighted by atomic mass is 9.43. The topological polar surface area (TPSA) is 82.1 Å². The third-order valence-electron chi connectivity index (χ3n) is 11.1. The zero-order valence-corrected chi connectivity index (χ0v) is 20.8. The minimum atomic E-state index is -0.476. The van der Waals surface area contributed by atoms with Crippen molar-refractivity contribution in [2.24, 2.45) is 40.4 Å². The minimum Gasteiger partial charge on any atom is -0.393 e. The quantitative estimate of drug-likeness (QED) is 0.633. The van der Waals surface area contributed by atoms with Crippen LogP contribution in [0.2, 0.25) is 0 Å². The molecule has 0 unspecified atom stereocenters. The van der Waals surface area contributed by atoms with Crippen molar-refractivity contribution in [1.29, 1.82) is 5.26 Å². The van der Waals surface area contributed by atoms with Crippen molar-refractivity contribution in [3.05, 3.63) is 18.0 Å². The molecule has 2 N–H and O–H groups in total. The highest BCUT2D eigenvalue weighted by Crippen LogP contribution is 2.68. The molecule has 4 fully saturated rings. The number of hydrogen-bond donors (Lipinski definition) is 2. The molecule has 0 aromatic carbocycles. The molecule has 5 rings (SSSR count). The number of aromatic nitrogens is 2. The van der Waals surface area contributed by atoms with Crippen LogP contribution >= 0.6 is 0 Å². The SMILES string of the molecule is CCC[C@@]1(O)CC[C@@]2(C)[C@H](CC[C@@H]3[C@@H]2[C@@H](O)C[C@]2(C)[C@@H](CCn4cc(C#N)cn4)CC[C@@H]32)C1. The molecular weight excluding hydrogens is 410 g/mol. The van der Waals surface area contributed by atoms with Gasteiger partial charge in [0.15, 0.2) is 0 Å². The number of aryl methyl sites for hydroxylation is 1. The number of nitriles is 1. The average Bonchev–Trinajstić information content (AvgIpc) is 3.36. The number of hydrogen-bond acceptors (Lipinski definition) is 4. The summed E-state index contributed by atoms with van der Waals surface area (Å²) in [6, 6.07) is 2.17. The van der Waals surface area contributed by atoms with Gasteiger partial charge in [0, 0.05) is 12.7 Å². The monoisotopic (exact) mass is 453 g/mol. The summed E-state index contributed by atoms with van der Waals surface area (Å²) in [7, 11) is 0. The first-order valence-corrected chi connectivity index (χ1v) is 13.6. The van der Waals surface area contributed by atoms with Gasteiger partial charge in [0.1, 0.15) is 6.07 Å². The van der Waals surface area contributed by atoms with Crippen LogP contribution in [0.5, 0.6) is 0 Å². The molecule has 0 bridgehead atoms. The fourth-order valence-corrected chi connectivity index (χ4v) is 9.55. The van der Waals surface area contributed by atoms with Gasteiger partial charge >= 0.3 is 0 Å².